The summed E-state index contributed by atoms with van der Waals surface area (Å²) in [5.41, 5.74) is 2.52. The van der Waals surface area contributed by atoms with Crippen LogP contribution in [-0.2, 0) is 14.3 Å². The fourth-order valence-electron chi connectivity index (χ4n) is 2.48. The van der Waals surface area contributed by atoms with Gasteiger partial charge in [-0.3, -0.25) is 4.79 Å². The molecule has 2 aromatic rings. The number of carbonyl (C=O) groups is 2. The Morgan fingerprint density at radius 3 is 2.52 bits per heavy atom. The Labute approximate surface area is 157 Å². The summed E-state index contributed by atoms with van der Waals surface area (Å²) in [7, 11) is 0. The van der Waals surface area contributed by atoms with E-state index in [0.717, 1.165) is 11.1 Å². The highest BCUT2D eigenvalue weighted by Gasteiger charge is 2.17. The molecule has 140 valence electrons. The van der Waals surface area contributed by atoms with Gasteiger partial charge in [0.15, 0.2) is 17.6 Å². The maximum atomic E-state index is 12.1. The Morgan fingerprint density at radius 1 is 1.07 bits per heavy atom. The molecule has 1 atom stereocenters. The maximum absolute atomic E-state index is 12.1. The van der Waals surface area contributed by atoms with Gasteiger partial charge in [-0.2, -0.15) is 0 Å². The predicted molar refractivity (Wildman–Crippen MR) is 102 cm³/mol. The molecule has 1 aliphatic rings. The van der Waals surface area contributed by atoms with E-state index in [1.165, 1.54) is 13.0 Å². The normalized spacial score (nSPS) is 13.9. The summed E-state index contributed by atoms with van der Waals surface area (Å²) in [6.07, 6.45) is 1.97. The number of nitrogens with one attached hydrogen (secondary N) is 1. The van der Waals surface area contributed by atoms with Gasteiger partial charge in [0, 0.05) is 11.8 Å². The molecule has 1 amide bonds. The molecule has 0 unspecified atom stereocenters. The van der Waals surface area contributed by atoms with Crippen molar-refractivity contribution >= 4 is 23.6 Å². The Hall–Kier alpha value is -3.28. The van der Waals surface area contributed by atoms with Gasteiger partial charge < -0.3 is 19.5 Å². The minimum Gasteiger partial charge on any atom is -0.486 e. The monoisotopic (exact) mass is 367 g/mol. The van der Waals surface area contributed by atoms with Crippen LogP contribution >= 0.6 is 0 Å². The van der Waals surface area contributed by atoms with Crippen LogP contribution in [0.5, 0.6) is 11.5 Å². The van der Waals surface area contributed by atoms with Crippen LogP contribution in [0.3, 0.4) is 0 Å². The Bertz CT molecular complexity index is 857. The number of hydrogen-bond donors (Lipinski definition) is 1. The van der Waals surface area contributed by atoms with Gasteiger partial charge in [0.25, 0.3) is 5.91 Å². The first kappa shape index (κ1) is 18.5. The van der Waals surface area contributed by atoms with Gasteiger partial charge in [-0.1, -0.05) is 23.8 Å². The van der Waals surface area contributed by atoms with Gasteiger partial charge in [0.1, 0.15) is 13.2 Å². The second-order valence-electron chi connectivity index (χ2n) is 6.17. The summed E-state index contributed by atoms with van der Waals surface area (Å²) in [6.45, 7) is 4.51. The van der Waals surface area contributed by atoms with Gasteiger partial charge in [0.2, 0.25) is 0 Å². The average Bonchev–Trinajstić information content (AvgIpc) is 2.68. The number of amides is 1. The van der Waals surface area contributed by atoms with Crippen LogP contribution in [0.2, 0.25) is 0 Å². The van der Waals surface area contributed by atoms with Crippen LogP contribution in [0, 0.1) is 6.92 Å². The van der Waals surface area contributed by atoms with Crippen LogP contribution in [0.25, 0.3) is 6.08 Å². The number of esters is 1. The topological polar surface area (TPSA) is 73.9 Å². The van der Waals surface area contributed by atoms with Crippen molar-refractivity contribution in [1.82, 2.24) is 0 Å². The molecule has 1 heterocycles. The third kappa shape index (κ3) is 5.10. The molecule has 0 spiro atoms. The van der Waals surface area contributed by atoms with Crippen LogP contribution in [0.15, 0.2) is 48.5 Å². The van der Waals surface area contributed by atoms with Crippen molar-refractivity contribution in [2.24, 2.45) is 0 Å². The summed E-state index contributed by atoms with van der Waals surface area (Å²) in [5, 5.41) is 2.71. The molecule has 3 rings (SSSR count). The number of hydrogen-bond acceptors (Lipinski definition) is 5. The molecule has 1 aliphatic heterocycles. The number of carbonyl (C=O) groups excluding carboxylic acids is 2. The van der Waals surface area contributed by atoms with Crippen molar-refractivity contribution < 1.29 is 23.8 Å². The molecular weight excluding hydrogens is 346 g/mol. The second-order valence-corrected chi connectivity index (χ2v) is 6.17. The first-order valence-corrected chi connectivity index (χ1v) is 8.67. The largest absolute Gasteiger partial charge is 0.486 e. The number of anilines is 1. The van der Waals surface area contributed by atoms with Gasteiger partial charge in [-0.05, 0) is 49.8 Å². The predicted octanol–water partition coefficient (Wildman–Crippen LogP) is 3.35. The SMILES string of the molecule is Cc1ccc(NC(=O)[C@@H](C)OC(=O)/C=C/c2ccc3c(c2)OCCO3)cc1. The van der Waals surface area contributed by atoms with E-state index in [4.69, 9.17) is 14.2 Å². The highest BCUT2D eigenvalue weighted by atomic mass is 16.6. The standard InChI is InChI=1S/C21H21NO5/c1-14-3-7-17(8-4-14)22-21(24)15(2)27-20(23)10-6-16-5-9-18-19(13-16)26-12-11-25-18/h3-10,13,15H,11-12H2,1-2H3,(H,22,24)/b10-6+/t15-/m1/s1. The van der Waals surface area contributed by atoms with Crippen molar-refractivity contribution in [2.75, 3.05) is 18.5 Å². The summed E-state index contributed by atoms with van der Waals surface area (Å²) < 4.78 is 16.1. The number of fused-ring (bicyclic) bond motifs is 1. The summed E-state index contributed by atoms with van der Waals surface area (Å²) >= 11 is 0. The zero-order valence-corrected chi connectivity index (χ0v) is 15.2. The highest BCUT2D eigenvalue weighted by Crippen LogP contribution is 2.31. The third-order valence-corrected chi connectivity index (χ3v) is 3.96. The van der Waals surface area contributed by atoms with Gasteiger partial charge in [-0.15, -0.1) is 0 Å². The second kappa shape index (κ2) is 8.40. The van der Waals surface area contributed by atoms with Gasteiger partial charge in [-0.25, -0.2) is 4.79 Å². The molecule has 2 aromatic carbocycles. The van der Waals surface area contributed by atoms with Crippen molar-refractivity contribution in [3.05, 3.63) is 59.7 Å². The Morgan fingerprint density at radius 2 is 1.78 bits per heavy atom. The van der Waals surface area contributed by atoms with Crippen LogP contribution in [-0.4, -0.2) is 31.2 Å². The van der Waals surface area contributed by atoms with Crippen molar-refractivity contribution in [3.63, 3.8) is 0 Å². The molecule has 0 fully saturated rings. The lowest BCUT2D eigenvalue weighted by molar-refractivity contribution is -0.148. The fourth-order valence-corrected chi connectivity index (χ4v) is 2.48. The number of benzene rings is 2. The molecule has 0 aromatic heterocycles. The molecule has 6 heteroatoms. The van der Waals surface area contributed by atoms with E-state index < -0.39 is 12.1 Å². The average molecular weight is 367 g/mol. The smallest absolute Gasteiger partial charge is 0.331 e. The lowest BCUT2D eigenvalue weighted by Gasteiger charge is -2.18. The summed E-state index contributed by atoms with van der Waals surface area (Å²) in [4.78, 5) is 24.1. The zero-order valence-electron chi connectivity index (χ0n) is 15.2. The molecule has 0 saturated carbocycles. The molecule has 0 radical (unpaired) electrons. The van der Waals surface area contributed by atoms with E-state index in [9.17, 15) is 9.59 Å². The molecule has 1 N–H and O–H groups in total. The molecule has 27 heavy (non-hydrogen) atoms. The van der Waals surface area contributed by atoms with Crippen molar-refractivity contribution in [3.8, 4) is 11.5 Å². The summed E-state index contributed by atoms with van der Waals surface area (Å²) in [5.74, 6) is 0.335. The van der Waals surface area contributed by atoms with Crippen molar-refractivity contribution in [1.29, 1.82) is 0 Å². The molecule has 6 nitrogen and oxygen atoms in total. The first-order valence-electron chi connectivity index (χ1n) is 8.67. The van der Waals surface area contributed by atoms with Gasteiger partial charge in [0.05, 0.1) is 0 Å². The van der Waals surface area contributed by atoms with E-state index in [1.54, 1.807) is 30.3 Å². The van der Waals surface area contributed by atoms with E-state index in [-0.39, 0.29) is 5.91 Å². The Kier molecular flexibility index (Phi) is 5.76. The van der Waals surface area contributed by atoms with Crippen LogP contribution in [0.1, 0.15) is 18.1 Å². The van der Waals surface area contributed by atoms with E-state index >= 15 is 0 Å². The lowest BCUT2D eigenvalue weighted by Crippen LogP contribution is -2.29. The minimum absolute atomic E-state index is 0.389. The lowest BCUT2D eigenvalue weighted by atomic mass is 10.2. The van der Waals surface area contributed by atoms with E-state index in [0.29, 0.717) is 30.4 Å². The minimum atomic E-state index is -0.913. The van der Waals surface area contributed by atoms with Crippen LogP contribution < -0.4 is 14.8 Å². The quantitative estimate of drug-likeness (QED) is 0.648. The fraction of sp³-hybridized carbons (Fsp3) is 0.238. The zero-order chi connectivity index (χ0) is 19.2. The molecule has 0 aliphatic carbocycles. The van der Waals surface area contributed by atoms with Crippen LogP contribution in [0.4, 0.5) is 5.69 Å². The number of aryl methyl sites for hydroxylation is 1. The Balaban J connectivity index is 1.54. The first-order chi connectivity index (χ1) is 13.0. The third-order valence-electron chi connectivity index (χ3n) is 3.96. The number of ether oxygens (including phenoxy) is 3. The highest BCUT2D eigenvalue weighted by molar-refractivity contribution is 5.96. The number of rotatable bonds is 5. The molecular formula is C21H21NO5. The summed E-state index contributed by atoms with van der Waals surface area (Å²) in [6, 6.07) is 12.8. The van der Waals surface area contributed by atoms with Gasteiger partial charge >= 0.3 is 5.97 Å². The van der Waals surface area contributed by atoms with E-state index in [1.807, 2.05) is 25.1 Å². The molecule has 0 bridgehead atoms. The molecule has 0 saturated heterocycles. The van der Waals surface area contributed by atoms with E-state index in [2.05, 4.69) is 5.32 Å². The van der Waals surface area contributed by atoms with Crippen molar-refractivity contribution in [2.45, 2.75) is 20.0 Å². The maximum Gasteiger partial charge on any atom is 0.331 e.